The molecule has 2 saturated heterocycles. The standard InChI is InChI=1S/C11H22O5Si/c1-8-6-14-17(12-4,13-5)7-9-10(8)16-11(2,3)15-9/h8-10H,6-7H2,1-5H3/t8-,9+,10+/m1/s1. The zero-order valence-electron chi connectivity index (χ0n) is 11.2. The zero-order valence-corrected chi connectivity index (χ0v) is 12.2. The molecule has 2 fully saturated rings. The fourth-order valence-electron chi connectivity index (χ4n) is 2.53. The lowest BCUT2D eigenvalue weighted by molar-refractivity contribution is -0.152. The van der Waals surface area contributed by atoms with Crippen LogP contribution in [0.3, 0.4) is 0 Å². The van der Waals surface area contributed by atoms with Crippen LogP contribution >= 0.6 is 0 Å². The molecule has 5 nitrogen and oxygen atoms in total. The second-order valence-corrected chi connectivity index (χ2v) is 8.10. The molecule has 2 heterocycles. The predicted molar refractivity (Wildman–Crippen MR) is 63.5 cm³/mol. The summed E-state index contributed by atoms with van der Waals surface area (Å²) in [6.07, 6.45) is 0.0544. The summed E-state index contributed by atoms with van der Waals surface area (Å²) in [4.78, 5) is 0. The van der Waals surface area contributed by atoms with Crippen molar-refractivity contribution >= 4 is 8.80 Å². The Kier molecular flexibility index (Phi) is 3.64. The van der Waals surface area contributed by atoms with E-state index in [9.17, 15) is 0 Å². The molecule has 0 amide bonds. The molecule has 0 saturated carbocycles. The van der Waals surface area contributed by atoms with Gasteiger partial charge in [-0.3, -0.25) is 0 Å². The highest BCUT2D eigenvalue weighted by Gasteiger charge is 2.54. The van der Waals surface area contributed by atoms with Crippen molar-refractivity contribution in [3.63, 3.8) is 0 Å². The smallest absolute Gasteiger partial charge is 0.377 e. The van der Waals surface area contributed by atoms with E-state index in [0.29, 0.717) is 12.7 Å². The van der Waals surface area contributed by atoms with Crippen molar-refractivity contribution in [2.45, 2.75) is 44.8 Å². The van der Waals surface area contributed by atoms with Crippen LogP contribution in [0, 0.1) is 5.92 Å². The minimum Gasteiger partial charge on any atom is -0.377 e. The first-order valence-electron chi connectivity index (χ1n) is 6.01. The molecule has 3 atom stereocenters. The highest BCUT2D eigenvalue weighted by atomic mass is 28.4. The molecule has 0 N–H and O–H groups in total. The van der Waals surface area contributed by atoms with Crippen LogP contribution in [0.2, 0.25) is 6.04 Å². The fourth-order valence-corrected chi connectivity index (χ4v) is 4.71. The zero-order chi connectivity index (χ0) is 12.7. The maximum Gasteiger partial charge on any atom is 0.503 e. The Hall–Kier alpha value is 0.0169. The molecule has 0 unspecified atom stereocenters. The SMILES string of the molecule is CO[Si]1(OC)C[C@@H]2OC(C)(C)O[C@H]2[C@H](C)CO1. The van der Waals surface area contributed by atoms with E-state index in [1.807, 2.05) is 13.8 Å². The van der Waals surface area contributed by atoms with Gasteiger partial charge in [0.2, 0.25) is 0 Å². The van der Waals surface area contributed by atoms with E-state index in [-0.39, 0.29) is 18.1 Å². The van der Waals surface area contributed by atoms with Crippen LogP contribution in [0.1, 0.15) is 20.8 Å². The van der Waals surface area contributed by atoms with Gasteiger partial charge >= 0.3 is 8.80 Å². The number of fused-ring (bicyclic) bond motifs is 1. The monoisotopic (exact) mass is 262 g/mol. The van der Waals surface area contributed by atoms with Crippen molar-refractivity contribution in [1.29, 1.82) is 0 Å². The van der Waals surface area contributed by atoms with E-state index in [4.69, 9.17) is 22.8 Å². The maximum absolute atomic E-state index is 5.94. The summed E-state index contributed by atoms with van der Waals surface area (Å²) in [5, 5.41) is 0. The highest BCUT2D eigenvalue weighted by Crippen LogP contribution is 2.39. The van der Waals surface area contributed by atoms with Gasteiger partial charge in [-0.05, 0) is 13.8 Å². The first-order chi connectivity index (χ1) is 7.91. The van der Waals surface area contributed by atoms with Crippen molar-refractivity contribution in [3.05, 3.63) is 0 Å². The van der Waals surface area contributed by atoms with Crippen LogP contribution in [0.15, 0.2) is 0 Å². The fraction of sp³-hybridized carbons (Fsp3) is 1.00. The second-order valence-electron chi connectivity index (χ2n) is 5.22. The number of hydrogen-bond acceptors (Lipinski definition) is 5. The Morgan fingerprint density at radius 3 is 2.41 bits per heavy atom. The first kappa shape index (κ1) is 13.4. The summed E-state index contributed by atoms with van der Waals surface area (Å²) in [6.45, 7) is 6.59. The normalized spacial score (nSPS) is 39.7. The highest BCUT2D eigenvalue weighted by molar-refractivity contribution is 6.60. The van der Waals surface area contributed by atoms with Gasteiger partial charge in [0.25, 0.3) is 0 Å². The minimum absolute atomic E-state index is 0.00549. The number of rotatable bonds is 2. The number of hydrogen-bond donors (Lipinski definition) is 0. The lowest BCUT2D eigenvalue weighted by Gasteiger charge is -2.27. The summed E-state index contributed by atoms with van der Waals surface area (Å²) in [5.41, 5.74) is 0. The molecule has 0 bridgehead atoms. The summed E-state index contributed by atoms with van der Waals surface area (Å²) < 4.78 is 28.7. The van der Waals surface area contributed by atoms with E-state index in [1.165, 1.54) is 0 Å². The van der Waals surface area contributed by atoms with Crippen molar-refractivity contribution in [2.75, 3.05) is 20.8 Å². The average Bonchev–Trinajstić information content (AvgIpc) is 2.52. The van der Waals surface area contributed by atoms with Gasteiger partial charge in [-0.15, -0.1) is 0 Å². The Labute approximate surface area is 104 Å². The summed E-state index contributed by atoms with van der Waals surface area (Å²) >= 11 is 0. The molecule has 0 aromatic heterocycles. The average molecular weight is 262 g/mol. The van der Waals surface area contributed by atoms with Gasteiger partial charge in [-0.2, -0.15) is 0 Å². The molecule has 100 valence electrons. The van der Waals surface area contributed by atoms with Crippen LogP contribution in [0.4, 0.5) is 0 Å². The van der Waals surface area contributed by atoms with Crippen LogP contribution in [0.25, 0.3) is 0 Å². The maximum atomic E-state index is 5.94. The molecule has 2 rings (SSSR count). The third-order valence-electron chi connectivity index (χ3n) is 3.42. The Balaban J connectivity index is 2.19. The molecule has 17 heavy (non-hydrogen) atoms. The summed E-state index contributed by atoms with van der Waals surface area (Å²) in [6, 6.07) is 0.651. The predicted octanol–water partition coefficient (Wildman–Crippen LogP) is 1.40. The van der Waals surface area contributed by atoms with Gasteiger partial charge in [-0.25, -0.2) is 0 Å². The van der Waals surface area contributed by atoms with Gasteiger partial charge in [0.15, 0.2) is 5.79 Å². The van der Waals surface area contributed by atoms with E-state index >= 15 is 0 Å². The summed E-state index contributed by atoms with van der Waals surface area (Å²) in [7, 11) is 0.705. The van der Waals surface area contributed by atoms with E-state index in [2.05, 4.69) is 6.92 Å². The Bertz CT molecular complexity index is 279. The molecular weight excluding hydrogens is 240 g/mol. The molecule has 6 heteroatoms. The van der Waals surface area contributed by atoms with Crippen molar-refractivity contribution < 1.29 is 22.8 Å². The van der Waals surface area contributed by atoms with Gasteiger partial charge in [0.05, 0.1) is 12.2 Å². The van der Waals surface area contributed by atoms with E-state index < -0.39 is 14.6 Å². The van der Waals surface area contributed by atoms with Crippen molar-refractivity contribution in [3.8, 4) is 0 Å². The van der Waals surface area contributed by atoms with Crippen molar-refractivity contribution in [1.82, 2.24) is 0 Å². The minimum atomic E-state index is -2.58. The first-order valence-corrected chi connectivity index (χ1v) is 7.94. The topological polar surface area (TPSA) is 46.2 Å². The quantitative estimate of drug-likeness (QED) is 0.704. The van der Waals surface area contributed by atoms with Crippen LogP contribution in [0.5, 0.6) is 0 Å². The molecule has 0 aliphatic carbocycles. The second kappa shape index (κ2) is 4.60. The van der Waals surface area contributed by atoms with Gasteiger partial charge < -0.3 is 22.8 Å². The third kappa shape index (κ3) is 2.57. The summed E-state index contributed by atoms with van der Waals surface area (Å²) in [5.74, 6) is -0.246. The molecule has 0 aromatic carbocycles. The largest absolute Gasteiger partial charge is 0.503 e. The lowest BCUT2D eigenvalue weighted by atomic mass is 10.0. The van der Waals surface area contributed by atoms with Crippen LogP contribution in [-0.4, -0.2) is 47.6 Å². The number of ether oxygens (including phenoxy) is 2. The molecule has 0 radical (unpaired) electrons. The van der Waals surface area contributed by atoms with Gasteiger partial charge in [-0.1, -0.05) is 6.92 Å². The van der Waals surface area contributed by atoms with E-state index in [1.54, 1.807) is 14.2 Å². The van der Waals surface area contributed by atoms with Gasteiger partial charge in [0, 0.05) is 32.8 Å². The Morgan fingerprint density at radius 1 is 1.18 bits per heavy atom. The third-order valence-corrected chi connectivity index (χ3v) is 6.17. The molecule has 2 aliphatic heterocycles. The van der Waals surface area contributed by atoms with Crippen LogP contribution in [-0.2, 0) is 22.8 Å². The molecule has 0 aromatic rings. The molecule has 2 aliphatic rings. The molecule has 0 spiro atoms. The Morgan fingerprint density at radius 2 is 1.82 bits per heavy atom. The van der Waals surface area contributed by atoms with Crippen molar-refractivity contribution in [2.24, 2.45) is 5.92 Å². The van der Waals surface area contributed by atoms with Crippen LogP contribution < -0.4 is 0 Å². The van der Waals surface area contributed by atoms with E-state index in [0.717, 1.165) is 0 Å². The molecular formula is C11H22O5Si. The lowest BCUT2D eigenvalue weighted by Crippen LogP contribution is -2.46. The van der Waals surface area contributed by atoms with Gasteiger partial charge in [0.1, 0.15) is 0 Å².